The van der Waals surface area contributed by atoms with Gasteiger partial charge in [-0.15, -0.1) is 0 Å². The van der Waals surface area contributed by atoms with Crippen molar-refractivity contribution in [2.24, 2.45) is 0 Å². The van der Waals surface area contributed by atoms with Crippen LogP contribution in [0.5, 0.6) is 5.75 Å². The number of benzene rings is 1. The van der Waals surface area contributed by atoms with Gasteiger partial charge in [0.15, 0.2) is 0 Å². The highest BCUT2D eigenvalue weighted by atomic mass is 35.5. The van der Waals surface area contributed by atoms with Crippen LogP contribution >= 0.6 is 34.8 Å². The van der Waals surface area contributed by atoms with Crippen molar-refractivity contribution in [3.8, 4) is 5.75 Å². The van der Waals surface area contributed by atoms with Crippen LogP contribution in [0.15, 0.2) is 47.3 Å². The Kier molecular flexibility index (Phi) is 9.64. The molecular weight excluding hydrogens is 414 g/mol. The molecule has 0 atom stereocenters. The molecule has 3 nitrogen and oxygen atoms in total. The van der Waals surface area contributed by atoms with Gasteiger partial charge in [0.25, 0.3) is 0 Å². The smallest absolute Gasteiger partial charge is 0.331 e. The number of carbonyl (C=O) groups excluding carboxylic acids is 1. The first-order valence-corrected chi connectivity index (χ1v) is 9.13. The molecule has 0 unspecified atom stereocenters. The van der Waals surface area contributed by atoms with E-state index in [0.29, 0.717) is 16.3 Å². The number of carbonyl (C=O) groups is 1. The monoisotopic (exact) mass is 432 g/mol. The summed E-state index contributed by atoms with van der Waals surface area (Å²) >= 11 is 18.5. The van der Waals surface area contributed by atoms with Crippen LogP contribution in [0, 0.1) is 0 Å². The Labute approximate surface area is 173 Å². The first-order chi connectivity index (χ1) is 12.7. The molecule has 0 amide bonds. The summed E-state index contributed by atoms with van der Waals surface area (Å²) in [5, 5.41) is 0.899. The molecule has 0 aliphatic rings. The maximum Gasteiger partial charge on any atom is 0.331 e. The van der Waals surface area contributed by atoms with Crippen molar-refractivity contribution in [2.45, 2.75) is 20.8 Å². The predicted molar refractivity (Wildman–Crippen MR) is 110 cm³/mol. The molecule has 27 heavy (non-hydrogen) atoms. The number of ether oxygens (including phenoxy) is 2. The summed E-state index contributed by atoms with van der Waals surface area (Å²) in [7, 11) is 1.47. The fourth-order valence-corrected chi connectivity index (χ4v) is 2.72. The lowest BCUT2D eigenvalue weighted by Gasteiger charge is -2.09. The topological polar surface area (TPSA) is 35.5 Å². The molecule has 0 aliphatic carbocycles. The molecule has 0 bridgehead atoms. The van der Waals surface area contributed by atoms with Gasteiger partial charge in [0.2, 0.25) is 0 Å². The van der Waals surface area contributed by atoms with E-state index >= 15 is 0 Å². The van der Waals surface area contributed by atoms with Crippen LogP contribution < -0.4 is 4.74 Å². The van der Waals surface area contributed by atoms with Gasteiger partial charge in [0, 0.05) is 17.7 Å². The molecule has 1 aromatic rings. The van der Waals surface area contributed by atoms with Crippen LogP contribution in [0.2, 0.25) is 15.1 Å². The Morgan fingerprint density at radius 3 is 2.44 bits per heavy atom. The Hall–Kier alpha value is -1.75. The van der Waals surface area contributed by atoms with Crippen molar-refractivity contribution in [1.82, 2.24) is 0 Å². The maximum absolute atomic E-state index is 14.0. The molecule has 1 aromatic carbocycles. The van der Waals surface area contributed by atoms with E-state index < -0.39 is 11.8 Å². The van der Waals surface area contributed by atoms with Gasteiger partial charge in [-0.3, -0.25) is 0 Å². The molecule has 0 aliphatic heterocycles. The van der Waals surface area contributed by atoms with E-state index in [1.165, 1.54) is 20.1 Å². The number of methoxy groups -OCH3 is 1. The Morgan fingerprint density at radius 1 is 1.19 bits per heavy atom. The SMILES string of the molecule is CCOC(=O)C=C(C)C(F)=CC=C(C)C=Cc1c(Cl)cc(OC)c(Cl)c1Cl. The number of hydrogen-bond acceptors (Lipinski definition) is 3. The van der Waals surface area contributed by atoms with Crippen molar-refractivity contribution < 1.29 is 18.7 Å². The molecule has 0 saturated heterocycles. The average molecular weight is 434 g/mol. The van der Waals surface area contributed by atoms with Crippen molar-refractivity contribution in [2.75, 3.05) is 13.7 Å². The molecule has 7 heteroatoms. The van der Waals surface area contributed by atoms with E-state index in [1.54, 1.807) is 38.1 Å². The first-order valence-electron chi connectivity index (χ1n) is 8.00. The highest BCUT2D eigenvalue weighted by Crippen LogP contribution is 2.39. The van der Waals surface area contributed by atoms with Gasteiger partial charge in [-0.25, -0.2) is 9.18 Å². The molecule has 1 rings (SSSR count). The van der Waals surface area contributed by atoms with Gasteiger partial charge >= 0.3 is 5.97 Å². The molecule has 0 radical (unpaired) electrons. The lowest BCUT2D eigenvalue weighted by atomic mass is 10.1. The van der Waals surface area contributed by atoms with Crippen molar-refractivity contribution in [1.29, 1.82) is 0 Å². The van der Waals surface area contributed by atoms with Gasteiger partial charge in [-0.05, 0) is 32.4 Å². The van der Waals surface area contributed by atoms with E-state index in [2.05, 4.69) is 0 Å². The molecule has 0 N–H and O–H groups in total. The van der Waals surface area contributed by atoms with Crippen LogP contribution in [-0.2, 0) is 9.53 Å². The summed E-state index contributed by atoms with van der Waals surface area (Å²) < 4.78 is 23.9. The van der Waals surface area contributed by atoms with Crippen molar-refractivity contribution in [3.63, 3.8) is 0 Å². The van der Waals surface area contributed by atoms with Gasteiger partial charge in [-0.1, -0.05) is 58.6 Å². The van der Waals surface area contributed by atoms with Crippen LogP contribution in [0.3, 0.4) is 0 Å². The average Bonchev–Trinajstić information content (AvgIpc) is 2.62. The second-order valence-electron chi connectivity index (χ2n) is 5.44. The van der Waals surface area contributed by atoms with Gasteiger partial charge in [0.1, 0.15) is 16.6 Å². The summed E-state index contributed by atoms with van der Waals surface area (Å²) in [6.07, 6.45) is 7.31. The summed E-state index contributed by atoms with van der Waals surface area (Å²) in [6.45, 7) is 5.18. The van der Waals surface area contributed by atoms with Gasteiger partial charge in [-0.2, -0.15) is 0 Å². The Balaban J connectivity index is 3.00. The van der Waals surface area contributed by atoms with Crippen molar-refractivity contribution in [3.05, 3.63) is 68.0 Å². The van der Waals surface area contributed by atoms with Crippen LogP contribution in [0.25, 0.3) is 6.08 Å². The molecular formula is C20H20Cl3FO3. The van der Waals surface area contributed by atoms with Crippen LogP contribution in [-0.4, -0.2) is 19.7 Å². The minimum absolute atomic E-state index is 0.175. The summed E-state index contributed by atoms with van der Waals surface area (Å²) in [6, 6.07) is 1.57. The third-order valence-corrected chi connectivity index (χ3v) is 4.56. The van der Waals surface area contributed by atoms with E-state index in [-0.39, 0.29) is 22.2 Å². The zero-order valence-corrected chi connectivity index (χ0v) is 17.7. The second kappa shape index (κ2) is 11.2. The molecule has 0 aromatic heterocycles. The lowest BCUT2D eigenvalue weighted by molar-refractivity contribution is -0.137. The standard InChI is InChI=1S/C20H20Cl3FO3/c1-5-27-18(25)10-13(3)16(24)9-7-12(2)6-8-14-15(21)11-17(26-4)20(23)19(14)22/h6-11H,5H2,1-4H3. The minimum atomic E-state index is -0.584. The largest absolute Gasteiger partial charge is 0.495 e. The number of halogens is 4. The van der Waals surface area contributed by atoms with Gasteiger partial charge < -0.3 is 9.47 Å². The predicted octanol–water partition coefficient (Wildman–Crippen LogP) is 6.98. The summed E-state index contributed by atoms with van der Waals surface area (Å²) in [5.41, 5.74) is 1.43. The molecule has 0 spiro atoms. The van der Waals surface area contributed by atoms with E-state index in [1.807, 2.05) is 0 Å². The zero-order chi connectivity index (χ0) is 20.6. The summed E-state index contributed by atoms with van der Waals surface area (Å²) in [4.78, 5) is 11.3. The quantitative estimate of drug-likeness (QED) is 0.201. The third-order valence-electron chi connectivity index (χ3n) is 3.38. The third kappa shape index (κ3) is 7.06. The second-order valence-corrected chi connectivity index (χ2v) is 6.60. The van der Waals surface area contributed by atoms with E-state index in [4.69, 9.17) is 44.3 Å². The van der Waals surface area contributed by atoms with Crippen molar-refractivity contribution >= 4 is 46.8 Å². The Morgan fingerprint density at radius 2 is 1.85 bits per heavy atom. The highest BCUT2D eigenvalue weighted by Gasteiger charge is 2.13. The lowest BCUT2D eigenvalue weighted by Crippen LogP contribution is -2.00. The number of hydrogen-bond donors (Lipinski definition) is 0. The fourth-order valence-electron chi connectivity index (χ4n) is 1.92. The highest BCUT2D eigenvalue weighted by molar-refractivity contribution is 6.45. The van der Waals surface area contributed by atoms with E-state index in [0.717, 1.165) is 11.6 Å². The van der Waals surface area contributed by atoms with Crippen LogP contribution in [0.1, 0.15) is 26.3 Å². The molecule has 0 saturated carbocycles. The fraction of sp³-hybridized carbons (Fsp3) is 0.250. The number of rotatable bonds is 7. The van der Waals surface area contributed by atoms with Gasteiger partial charge in [0.05, 0.1) is 23.8 Å². The maximum atomic E-state index is 14.0. The number of esters is 1. The minimum Gasteiger partial charge on any atom is -0.495 e. The summed E-state index contributed by atoms with van der Waals surface area (Å²) in [5.74, 6) is -0.746. The zero-order valence-electron chi connectivity index (χ0n) is 15.4. The molecule has 0 heterocycles. The van der Waals surface area contributed by atoms with E-state index in [9.17, 15) is 9.18 Å². The normalized spacial score (nSPS) is 13.3. The molecule has 0 fully saturated rings. The molecule has 146 valence electrons. The first kappa shape index (κ1) is 23.3. The number of allylic oxidation sites excluding steroid dienone is 6. The van der Waals surface area contributed by atoms with Crippen LogP contribution in [0.4, 0.5) is 4.39 Å². The Bertz CT molecular complexity index is 824.